The highest BCUT2D eigenvalue weighted by atomic mass is 16.5. The number of carboxylic acids is 1. The van der Waals surface area contributed by atoms with E-state index in [9.17, 15) is 9.59 Å². The Bertz CT molecular complexity index is 226. The highest BCUT2D eigenvalue weighted by Gasteiger charge is 2.11. The first kappa shape index (κ1) is 11.9. The SMILES string of the molecule is O=C(O)CNC(=O)CCN1CCOCC1. The van der Waals surface area contributed by atoms with E-state index >= 15 is 0 Å². The molecule has 1 fully saturated rings. The predicted octanol–water partition coefficient (Wildman–Crippen LogP) is -1.09. The van der Waals surface area contributed by atoms with E-state index in [1.165, 1.54) is 0 Å². The molecule has 1 saturated heterocycles. The first-order valence-corrected chi connectivity index (χ1v) is 4.97. The molecular weight excluding hydrogens is 200 g/mol. The second-order valence-corrected chi connectivity index (χ2v) is 3.37. The molecule has 0 aromatic carbocycles. The Morgan fingerprint density at radius 2 is 2.00 bits per heavy atom. The summed E-state index contributed by atoms with van der Waals surface area (Å²) >= 11 is 0. The Kier molecular flexibility index (Phi) is 5.06. The summed E-state index contributed by atoms with van der Waals surface area (Å²) in [4.78, 5) is 23.5. The van der Waals surface area contributed by atoms with E-state index in [4.69, 9.17) is 9.84 Å². The molecule has 1 heterocycles. The molecule has 0 bridgehead atoms. The quantitative estimate of drug-likeness (QED) is 0.610. The molecule has 0 unspecified atom stereocenters. The number of ether oxygens (including phenoxy) is 1. The maximum absolute atomic E-state index is 11.2. The monoisotopic (exact) mass is 216 g/mol. The summed E-state index contributed by atoms with van der Waals surface area (Å²) in [6.45, 7) is 3.45. The molecule has 0 aromatic rings. The molecule has 15 heavy (non-hydrogen) atoms. The van der Waals surface area contributed by atoms with Gasteiger partial charge in [0.2, 0.25) is 5.91 Å². The molecule has 1 aliphatic rings. The highest BCUT2D eigenvalue weighted by molar-refractivity contribution is 5.81. The fourth-order valence-corrected chi connectivity index (χ4v) is 1.35. The van der Waals surface area contributed by atoms with Gasteiger partial charge in [0.05, 0.1) is 13.2 Å². The van der Waals surface area contributed by atoms with Crippen molar-refractivity contribution in [2.45, 2.75) is 6.42 Å². The van der Waals surface area contributed by atoms with Crippen LogP contribution >= 0.6 is 0 Å². The smallest absolute Gasteiger partial charge is 0.322 e. The molecule has 0 saturated carbocycles. The zero-order chi connectivity index (χ0) is 11.1. The Morgan fingerprint density at radius 1 is 1.33 bits per heavy atom. The van der Waals surface area contributed by atoms with Crippen molar-refractivity contribution < 1.29 is 19.4 Å². The van der Waals surface area contributed by atoms with Crippen LogP contribution < -0.4 is 5.32 Å². The summed E-state index contributed by atoms with van der Waals surface area (Å²) < 4.78 is 5.17. The lowest BCUT2D eigenvalue weighted by molar-refractivity contribution is -0.138. The minimum absolute atomic E-state index is 0.219. The van der Waals surface area contributed by atoms with Crippen molar-refractivity contribution in [1.82, 2.24) is 10.2 Å². The number of carbonyl (C=O) groups excluding carboxylic acids is 1. The van der Waals surface area contributed by atoms with E-state index in [1.54, 1.807) is 0 Å². The number of nitrogens with one attached hydrogen (secondary N) is 1. The van der Waals surface area contributed by atoms with Crippen molar-refractivity contribution in [3.63, 3.8) is 0 Å². The van der Waals surface area contributed by atoms with Crippen LogP contribution in [-0.2, 0) is 14.3 Å². The van der Waals surface area contributed by atoms with Gasteiger partial charge in [0.15, 0.2) is 0 Å². The van der Waals surface area contributed by atoms with E-state index in [1.807, 2.05) is 0 Å². The van der Waals surface area contributed by atoms with E-state index in [0.717, 1.165) is 13.1 Å². The second-order valence-electron chi connectivity index (χ2n) is 3.37. The summed E-state index contributed by atoms with van der Waals surface area (Å²) in [6, 6.07) is 0. The van der Waals surface area contributed by atoms with Gasteiger partial charge >= 0.3 is 5.97 Å². The van der Waals surface area contributed by atoms with Crippen LogP contribution in [0.4, 0.5) is 0 Å². The van der Waals surface area contributed by atoms with E-state index in [-0.39, 0.29) is 12.5 Å². The minimum Gasteiger partial charge on any atom is -0.480 e. The maximum atomic E-state index is 11.2. The van der Waals surface area contributed by atoms with Gasteiger partial charge in [-0.05, 0) is 0 Å². The lowest BCUT2D eigenvalue weighted by atomic mass is 10.3. The Balaban J connectivity index is 2.07. The Morgan fingerprint density at radius 3 is 2.60 bits per heavy atom. The largest absolute Gasteiger partial charge is 0.480 e. The van der Waals surface area contributed by atoms with Gasteiger partial charge in [-0.1, -0.05) is 0 Å². The Hall–Kier alpha value is -1.14. The highest BCUT2D eigenvalue weighted by Crippen LogP contribution is 1.97. The van der Waals surface area contributed by atoms with Crippen molar-refractivity contribution in [2.24, 2.45) is 0 Å². The molecule has 1 rings (SSSR count). The summed E-state index contributed by atoms with van der Waals surface area (Å²) in [7, 11) is 0. The first-order chi connectivity index (χ1) is 7.18. The van der Waals surface area contributed by atoms with Gasteiger partial charge in [0, 0.05) is 26.1 Å². The molecule has 1 aliphatic heterocycles. The molecule has 1 amide bonds. The van der Waals surface area contributed by atoms with Gasteiger partial charge in [-0.2, -0.15) is 0 Å². The van der Waals surface area contributed by atoms with E-state index < -0.39 is 5.97 Å². The van der Waals surface area contributed by atoms with Crippen LogP contribution in [0.15, 0.2) is 0 Å². The number of nitrogens with zero attached hydrogens (tertiary/aromatic N) is 1. The van der Waals surface area contributed by atoms with Crippen LogP contribution in [0.3, 0.4) is 0 Å². The number of amides is 1. The summed E-state index contributed by atoms with van der Waals surface area (Å²) in [5.74, 6) is -1.24. The van der Waals surface area contributed by atoms with Crippen LogP contribution in [0.5, 0.6) is 0 Å². The molecule has 0 atom stereocenters. The van der Waals surface area contributed by atoms with Gasteiger partial charge in [0.25, 0.3) is 0 Å². The van der Waals surface area contributed by atoms with Crippen LogP contribution in [0.1, 0.15) is 6.42 Å². The summed E-state index contributed by atoms with van der Waals surface area (Å²) in [5.41, 5.74) is 0. The summed E-state index contributed by atoms with van der Waals surface area (Å²) in [5, 5.41) is 10.7. The molecule has 0 radical (unpaired) electrons. The second kappa shape index (κ2) is 6.36. The lowest BCUT2D eigenvalue weighted by Gasteiger charge is -2.26. The average molecular weight is 216 g/mol. The van der Waals surface area contributed by atoms with Crippen molar-refractivity contribution in [1.29, 1.82) is 0 Å². The molecule has 86 valence electrons. The molecule has 6 nitrogen and oxygen atoms in total. The zero-order valence-electron chi connectivity index (χ0n) is 8.57. The number of carbonyl (C=O) groups is 2. The third-order valence-corrected chi connectivity index (χ3v) is 2.20. The van der Waals surface area contributed by atoms with Crippen LogP contribution in [-0.4, -0.2) is 61.3 Å². The minimum atomic E-state index is -1.02. The number of carboxylic acid groups (broad SMARTS) is 1. The number of hydrogen-bond donors (Lipinski definition) is 2. The molecule has 0 aromatic heterocycles. The Labute approximate surface area is 88.2 Å². The zero-order valence-corrected chi connectivity index (χ0v) is 8.57. The number of aliphatic carboxylic acids is 1. The van der Waals surface area contributed by atoms with Crippen LogP contribution in [0.25, 0.3) is 0 Å². The molecule has 0 spiro atoms. The van der Waals surface area contributed by atoms with Crippen molar-refractivity contribution in [3.05, 3.63) is 0 Å². The normalized spacial score (nSPS) is 17.3. The first-order valence-electron chi connectivity index (χ1n) is 4.97. The van der Waals surface area contributed by atoms with Gasteiger partial charge in [-0.25, -0.2) is 0 Å². The van der Waals surface area contributed by atoms with Gasteiger partial charge < -0.3 is 15.2 Å². The fourth-order valence-electron chi connectivity index (χ4n) is 1.35. The molecular formula is C9H16N2O4. The number of rotatable bonds is 5. The predicted molar refractivity (Wildman–Crippen MR) is 52.5 cm³/mol. The molecule has 2 N–H and O–H groups in total. The average Bonchev–Trinajstić information content (AvgIpc) is 2.25. The third-order valence-electron chi connectivity index (χ3n) is 2.20. The standard InChI is InChI=1S/C9H16N2O4/c12-8(10-7-9(13)14)1-2-11-3-5-15-6-4-11/h1-7H2,(H,10,12)(H,13,14). The number of morpholine rings is 1. The van der Waals surface area contributed by atoms with Crippen molar-refractivity contribution in [3.8, 4) is 0 Å². The maximum Gasteiger partial charge on any atom is 0.322 e. The number of hydrogen-bond acceptors (Lipinski definition) is 4. The molecule has 0 aliphatic carbocycles. The van der Waals surface area contributed by atoms with Gasteiger partial charge in [-0.15, -0.1) is 0 Å². The topological polar surface area (TPSA) is 78.9 Å². The van der Waals surface area contributed by atoms with Gasteiger partial charge in [0.1, 0.15) is 6.54 Å². The lowest BCUT2D eigenvalue weighted by Crippen LogP contribution is -2.39. The van der Waals surface area contributed by atoms with Crippen LogP contribution in [0.2, 0.25) is 0 Å². The van der Waals surface area contributed by atoms with E-state index in [2.05, 4.69) is 10.2 Å². The third kappa shape index (κ3) is 5.34. The van der Waals surface area contributed by atoms with Crippen molar-refractivity contribution in [2.75, 3.05) is 39.4 Å². The fraction of sp³-hybridized carbons (Fsp3) is 0.778. The van der Waals surface area contributed by atoms with Gasteiger partial charge in [-0.3, -0.25) is 14.5 Å². The summed E-state index contributed by atoms with van der Waals surface area (Å²) in [6.07, 6.45) is 0.341. The van der Waals surface area contributed by atoms with Crippen LogP contribution in [0, 0.1) is 0 Å². The van der Waals surface area contributed by atoms with E-state index in [0.29, 0.717) is 26.2 Å². The molecule has 6 heteroatoms. The van der Waals surface area contributed by atoms with Crippen molar-refractivity contribution >= 4 is 11.9 Å².